The molecule has 0 unspecified atom stereocenters. The molecule has 0 fully saturated rings. The third-order valence-corrected chi connectivity index (χ3v) is 4.22. The number of nitrogens with zero attached hydrogens (tertiary/aromatic N) is 3. The number of anilines is 1. The van der Waals surface area contributed by atoms with E-state index < -0.39 is 11.7 Å². The van der Waals surface area contributed by atoms with Crippen LogP contribution in [0, 0.1) is 6.92 Å². The molecule has 3 rings (SSSR count). The summed E-state index contributed by atoms with van der Waals surface area (Å²) >= 11 is 0. The normalized spacial score (nSPS) is 11.3. The molecule has 0 aliphatic carbocycles. The maximum absolute atomic E-state index is 12.2. The maximum atomic E-state index is 12.2. The summed E-state index contributed by atoms with van der Waals surface area (Å²) in [7, 11) is 1.71. The number of pyridine rings is 1. The molecule has 3 aromatic rings. The lowest BCUT2D eigenvalue weighted by Crippen LogP contribution is -2.27. The smallest absolute Gasteiger partial charge is 0.413 e. The van der Waals surface area contributed by atoms with E-state index in [9.17, 15) is 9.59 Å². The molecule has 7 nitrogen and oxygen atoms in total. The Balaban J connectivity index is 2.00. The second-order valence-corrected chi connectivity index (χ2v) is 8.02. The van der Waals surface area contributed by atoms with E-state index in [4.69, 9.17) is 4.74 Å². The van der Waals surface area contributed by atoms with Gasteiger partial charge in [-0.2, -0.15) is 0 Å². The molecule has 2 heterocycles. The minimum absolute atomic E-state index is 0.0537. The molecule has 1 aromatic carbocycles. The van der Waals surface area contributed by atoms with Crippen molar-refractivity contribution in [3.8, 4) is 11.4 Å². The summed E-state index contributed by atoms with van der Waals surface area (Å²) in [6, 6.07) is 11.8. The third kappa shape index (κ3) is 5.13. The Kier molecular flexibility index (Phi) is 5.59. The second kappa shape index (κ2) is 7.95. The van der Waals surface area contributed by atoms with Crippen molar-refractivity contribution in [2.45, 2.75) is 39.8 Å². The van der Waals surface area contributed by atoms with Crippen LogP contribution in [0.5, 0.6) is 0 Å². The van der Waals surface area contributed by atoms with Gasteiger partial charge >= 0.3 is 6.09 Å². The Hall–Kier alpha value is -3.35. The number of hydrogen-bond acceptors (Lipinski definition) is 4. The largest absolute Gasteiger partial charge is 0.444 e. The molecule has 1 amide bonds. The molecule has 29 heavy (non-hydrogen) atoms. The van der Waals surface area contributed by atoms with Gasteiger partial charge in [-0.15, -0.1) is 0 Å². The van der Waals surface area contributed by atoms with Crippen LogP contribution in [0.3, 0.4) is 0 Å². The van der Waals surface area contributed by atoms with E-state index in [1.54, 1.807) is 47.1 Å². The van der Waals surface area contributed by atoms with Crippen molar-refractivity contribution < 1.29 is 9.53 Å². The second-order valence-electron chi connectivity index (χ2n) is 8.02. The summed E-state index contributed by atoms with van der Waals surface area (Å²) in [6.45, 7) is 7.76. The molecule has 0 spiro atoms. The summed E-state index contributed by atoms with van der Waals surface area (Å²) < 4.78 is 8.80. The van der Waals surface area contributed by atoms with E-state index in [2.05, 4.69) is 10.3 Å². The van der Waals surface area contributed by atoms with Crippen molar-refractivity contribution in [1.82, 2.24) is 14.1 Å². The van der Waals surface area contributed by atoms with Gasteiger partial charge in [0.15, 0.2) is 5.82 Å². The van der Waals surface area contributed by atoms with Crippen molar-refractivity contribution >= 4 is 11.9 Å². The van der Waals surface area contributed by atoms with E-state index in [0.717, 1.165) is 11.1 Å². The molecular formula is C22H26N4O3. The zero-order valence-electron chi connectivity index (χ0n) is 17.4. The summed E-state index contributed by atoms with van der Waals surface area (Å²) in [6.07, 6.45) is 2.95. The van der Waals surface area contributed by atoms with Gasteiger partial charge < -0.3 is 13.9 Å². The lowest BCUT2D eigenvalue weighted by Gasteiger charge is -2.19. The topological polar surface area (TPSA) is 78.2 Å². The number of carbonyl (C=O) groups is 1. The van der Waals surface area contributed by atoms with Gasteiger partial charge in [-0.3, -0.25) is 10.1 Å². The number of amides is 1. The Morgan fingerprint density at radius 3 is 2.48 bits per heavy atom. The fourth-order valence-corrected chi connectivity index (χ4v) is 3.02. The van der Waals surface area contributed by atoms with Crippen molar-refractivity contribution in [1.29, 1.82) is 0 Å². The van der Waals surface area contributed by atoms with E-state index in [-0.39, 0.29) is 5.56 Å². The van der Waals surface area contributed by atoms with Crippen LogP contribution in [-0.4, -0.2) is 25.8 Å². The zero-order chi connectivity index (χ0) is 21.2. The van der Waals surface area contributed by atoms with Crippen molar-refractivity contribution in [2.24, 2.45) is 7.05 Å². The zero-order valence-corrected chi connectivity index (χ0v) is 17.4. The molecule has 2 aromatic heterocycles. The highest BCUT2D eigenvalue weighted by Gasteiger charge is 2.19. The molecular weight excluding hydrogens is 368 g/mol. The lowest BCUT2D eigenvalue weighted by molar-refractivity contribution is 0.0635. The number of hydrogen-bond donors (Lipinski definition) is 1. The number of benzene rings is 1. The van der Waals surface area contributed by atoms with E-state index in [0.29, 0.717) is 23.8 Å². The van der Waals surface area contributed by atoms with Crippen LogP contribution < -0.4 is 10.9 Å². The number of rotatable bonds is 4. The molecule has 0 radical (unpaired) electrons. The van der Waals surface area contributed by atoms with Crippen LogP contribution in [0.25, 0.3) is 11.4 Å². The summed E-state index contributed by atoms with van der Waals surface area (Å²) in [5, 5.41) is 2.69. The van der Waals surface area contributed by atoms with Gasteiger partial charge in [0.05, 0.1) is 0 Å². The Labute approximate surface area is 170 Å². The first-order chi connectivity index (χ1) is 13.6. The average molecular weight is 394 g/mol. The van der Waals surface area contributed by atoms with E-state index in [1.165, 1.54) is 4.57 Å². The van der Waals surface area contributed by atoms with Gasteiger partial charge in [-0.25, -0.2) is 9.78 Å². The molecule has 0 bridgehead atoms. The minimum atomic E-state index is -0.603. The number of imidazole rings is 1. The monoisotopic (exact) mass is 394 g/mol. The van der Waals surface area contributed by atoms with Gasteiger partial charge in [-0.05, 0) is 39.3 Å². The van der Waals surface area contributed by atoms with Crippen LogP contribution in [0.4, 0.5) is 10.6 Å². The van der Waals surface area contributed by atoms with E-state index in [1.807, 2.05) is 41.0 Å². The quantitative estimate of drug-likeness (QED) is 0.727. The van der Waals surface area contributed by atoms with Crippen LogP contribution in [0.2, 0.25) is 0 Å². The van der Waals surface area contributed by atoms with Crippen LogP contribution in [0.15, 0.2) is 53.6 Å². The Morgan fingerprint density at radius 1 is 1.17 bits per heavy atom. The fraction of sp³-hybridized carbons (Fsp3) is 0.318. The number of nitrogens with one attached hydrogen (secondary N) is 1. The lowest BCUT2D eigenvalue weighted by atomic mass is 10.2. The molecule has 0 saturated carbocycles. The number of aromatic nitrogens is 3. The van der Waals surface area contributed by atoms with Crippen molar-refractivity contribution in [2.75, 3.05) is 5.32 Å². The third-order valence-electron chi connectivity index (χ3n) is 4.22. The van der Waals surface area contributed by atoms with Crippen molar-refractivity contribution in [3.63, 3.8) is 0 Å². The standard InChI is InChI=1S/C22H26N4O3/c1-15-11-17(13-25(5)20(15)27)19-23-18(24-21(28)29-22(2,3)4)14-26(19)12-16-9-7-6-8-10-16/h6-11,13-14H,12H2,1-5H3,(H,24,28). The molecule has 7 heteroatoms. The van der Waals surface area contributed by atoms with E-state index >= 15 is 0 Å². The highest BCUT2D eigenvalue weighted by molar-refractivity contribution is 5.84. The summed E-state index contributed by atoms with van der Waals surface area (Å²) in [4.78, 5) is 28.8. The SMILES string of the molecule is Cc1cc(-c2nc(NC(=O)OC(C)(C)C)cn2Cc2ccccc2)cn(C)c1=O. The maximum Gasteiger partial charge on any atom is 0.413 e. The summed E-state index contributed by atoms with van der Waals surface area (Å²) in [5.41, 5.74) is 1.85. The number of aryl methyl sites for hydroxylation is 2. The molecule has 152 valence electrons. The van der Waals surface area contributed by atoms with Gasteiger partial charge in [0.2, 0.25) is 0 Å². The van der Waals surface area contributed by atoms with Crippen molar-refractivity contribution in [3.05, 3.63) is 70.3 Å². The Morgan fingerprint density at radius 2 is 1.86 bits per heavy atom. The van der Waals surface area contributed by atoms with Crippen LogP contribution in [0.1, 0.15) is 31.9 Å². The first-order valence-electron chi connectivity index (χ1n) is 9.41. The van der Waals surface area contributed by atoms with Gasteiger partial charge in [0.25, 0.3) is 5.56 Å². The van der Waals surface area contributed by atoms with Crippen LogP contribution in [-0.2, 0) is 18.3 Å². The fourth-order valence-electron chi connectivity index (χ4n) is 3.02. The predicted octanol–water partition coefficient (Wildman–Crippen LogP) is 3.95. The first-order valence-corrected chi connectivity index (χ1v) is 9.41. The molecule has 0 saturated heterocycles. The molecule has 0 atom stereocenters. The highest BCUT2D eigenvalue weighted by atomic mass is 16.6. The van der Waals surface area contributed by atoms with Gasteiger partial charge in [-0.1, -0.05) is 30.3 Å². The Bertz CT molecular complexity index is 1050. The average Bonchev–Trinajstić information content (AvgIpc) is 3.00. The van der Waals surface area contributed by atoms with Gasteiger partial charge in [0.1, 0.15) is 11.4 Å². The predicted molar refractivity (Wildman–Crippen MR) is 113 cm³/mol. The molecule has 0 aliphatic heterocycles. The first kappa shape index (κ1) is 20.4. The summed E-state index contributed by atoms with van der Waals surface area (Å²) in [5.74, 6) is 1.04. The van der Waals surface area contributed by atoms with Gasteiger partial charge in [0, 0.05) is 37.1 Å². The minimum Gasteiger partial charge on any atom is -0.444 e. The number of carbonyl (C=O) groups excluding carboxylic acids is 1. The number of ether oxygens (including phenoxy) is 1. The molecule has 0 aliphatic rings. The molecule has 1 N–H and O–H groups in total. The highest BCUT2D eigenvalue weighted by Crippen LogP contribution is 2.23. The van der Waals surface area contributed by atoms with Crippen LogP contribution >= 0.6 is 0 Å².